The van der Waals surface area contributed by atoms with E-state index in [1.54, 1.807) is 26.1 Å². The Bertz CT molecular complexity index is 624. The third-order valence-corrected chi connectivity index (χ3v) is 5.21. The lowest BCUT2D eigenvalue weighted by Crippen LogP contribution is -2.50. The Morgan fingerprint density at radius 3 is 2.38 bits per heavy atom. The summed E-state index contributed by atoms with van der Waals surface area (Å²) in [5, 5.41) is 3.08. The van der Waals surface area contributed by atoms with Gasteiger partial charge in [0.2, 0.25) is 11.8 Å². The highest BCUT2D eigenvalue weighted by atomic mass is 16.5. The summed E-state index contributed by atoms with van der Waals surface area (Å²) >= 11 is 0. The topological polar surface area (TPSA) is 61.9 Å². The Morgan fingerprint density at radius 2 is 1.81 bits per heavy atom. The predicted molar refractivity (Wildman–Crippen MR) is 102 cm³/mol. The molecule has 0 aliphatic carbocycles. The highest BCUT2D eigenvalue weighted by Gasteiger charge is 2.30. The molecule has 2 rings (SSSR count). The van der Waals surface area contributed by atoms with Crippen LogP contribution in [0.25, 0.3) is 0 Å². The fourth-order valence-electron chi connectivity index (χ4n) is 3.50. The highest BCUT2D eigenvalue weighted by molar-refractivity contribution is 5.82. The number of nitrogens with one attached hydrogen (secondary N) is 1. The minimum atomic E-state index is -0.220. The van der Waals surface area contributed by atoms with Gasteiger partial charge >= 0.3 is 0 Å². The molecule has 1 aliphatic rings. The van der Waals surface area contributed by atoms with Gasteiger partial charge in [-0.15, -0.1) is 0 Å². The molecule has 1 N–H and O–H groups in total. The Morgan fingerprint density at radius 1 is 1.19 bits per heavy atom. The van der Waals surface area contributed by atoms with Gasteiger partial charge in [-0.05, 0) is 45.8 Å². The molecule has 0 bridgehead atoms. The minimum absolute atomic E-state index is 0.000734. The van der Waals surface area contributed by atoms with Crippen LogP contribution in [0.3, 0.4) is 0 Å². The van der Waals surface area contributed by atoms with E-state index in [0.717, 1.165) is 37.2 Å². The average Bonchev–Trinajstić information content (AvgIpc) is 2.66. The number of carbonyl (C=O) groups is 2. The largest absolute Gasteiger partial charge is 0.496 e. The maximum absolute atomic E-state index is 12.7. The third kappa shape index (κ3) is 4.75. The Balaban J connectivity index is 1.91. The number of carbonyl (C=O) groups excluding carboxylic acids is 2. The van der Waals surface area contributed by atoms with Crippen LogP contribution in [0.4, 0.5) is 0 Å². The van der Waals surface area contributed by atoms with Gasteiger partial charge in [-0.1, -0.05) is 18.2 Å². The summed E-state index contributed by atoms with van der Waals surface area (Å²) in [6.07, 6.45) is 1.60. The van der Waals surface area contributed by atoms with Crippen molar-refractivity contribution in [3.05, 3.63) is 29.8 Å². The SMILES string of the molecule is COc1ccccc1C(C)NC(=O)C(C)N1CCC(C(=O)N(C)C)CC1. The summed E-state index contributed by atoms with van der Waals surface area (Å²) in [7, 11) is 5.23. The number of para-hydroxylation sites is 1. The summed E-state index contributed by atoms with van der Waals surface area (Å²) in [4.78, 5) is 28.6. The molecular formula is C20H31N3O3. The number of nitrogens with zero attached hydrogens (tertiary/aromatic N) is 2. The fourth-order valence-corrected chi connectivity index (χ4v) is 3.50. The van der Waals surface area contributed by atoms with E-state index in [2.05, 4.69) is 10.2 Å². The van der Waals surface area contributed by atoms with E-state index in [4.69, 9.17) is 4.74 Å². The second-order valence-corrected chi connectivity index (χ2v) is 7.19. The molecule has 2 amide bonds. The van der Waals surface area contributed by atoms with E-state index in [9.17, 15) is 9.59 Å². The third-order valence-electron chi connectivity index (χ3n) is 5.21. The van der Waals surface area contributed by atoms with Crippen molar-refractivity contribution in [2.75, 3.05) is 34.3 Å². The van der Waals surface area contributed by atoms with Gasteiger partial charge in [0.05, 0.1) is 19.2 Å². The first-order valence-electron chi connectivity index (χ1n) is 9.23. The van der Waals surface area contributed by atoms with E-state index >= 15 is 0 Å². The van der Waals surface area contributed by atoms with E-state index in [-0.39, 0.29) is 29.8 Å². The van der Waals surface area contributed by atoms with Gasteiger partial charge in [0, 0.05) is 25.6 Å². The Kier molecular flexibility index (Phi) is 7.03. The molecule has 1 heterocycles. The number of piperidine rings is 1. The number of amides is 2. The normalized spacial score (nSPS) is 18.0. The molecule has 1 aromatic rings. The first-order valence-corrected chi connectivity index (χ1v) is 9.23. The number of likely N-dealkylation sites (tertiary alicyclic amines) is 1. The number of ether oxygens (including phenoxy) is 1. The lowest BCUT2D eigenvalue weighted by molar-refractivity contribution is -0.135. The van der Waals surface area contributed by atoms with Crippen molar-refractivity contribution in [2.24, 2.45) is 5.92 Å². The summed E-state index contributed by atoms with van der Waals surface area (Å²) in [5.74, 6) is 1.03. The lowest BCUT2D eigenvalue weighted by Gasteiger charge is -2.36. The molecule has 2 unspecified atom stereocenters. The van der Waals surface area contributed by atoms with Gasteiger partial charge < -0.3 is 15.0 Å². The molecular weight excluding hydrogens is 330 g/mol. The second kappa shape index (κ2) is 9.03. The molecule has 0 saturated carbocycles. The Hall–Kier alpha value is -2.08. The predicted octanol–water partition coefficient (Wildman–Crippen LogP) is 2.06. The fraction of sp³-hybridized carbons (Fsp3) is 0.600. The van der Waals surface area contributed by atoms with Crippen molar-refractivity contribution >= 4 is 11.8 Å². The van der Waals surface area contributed by atoms with Crippen molar-refractivity contribution in [3.63, 3.8) is 0 Å². The molecule has 6 nitrogen and oxygen atoms in total. The maximum atomic E-state index is 12.7. The van der Waals surface area contributed by atoms with Crippen molar-refractivity contribution in [1.82, 2.24) is 15.1 Å². The standard InChI is InChI=1S/C20H31N3O3/c1-14(17-8-6-7-9-18(17)26-5)21-19(24)15(2)23-12-10-16(11-13-23)20(25)22(3)4/h6-9,14-16H,10-13H2,1-5H3,(H,21,24). The summed E-state index contributed by atoms with van der Waals surface area (Å²) in [6.45, 7) is 5.42. The molecule has 144 valence electrons. The van der Waals surface area contributed by atoms with Gasteiger partial charge in [0.1, 0.15) is 5.75 Å². The van der Waals surface area contributed by atoms with Crippen LogP contribution >= 0.6 is 0 Å². The van der Waals surface area contributed by atoms with Crippen LogP contribution < -0.4 is 10.1 Å². The van der Waals surface area contributed by atoms with Crippen LogP contribution in [-0.2, 0) is 9.59 Å². The minimum Gasteiger partial charge on any atom is -0.496 e. The van der Waals surface area contributed by atoms with Crippen LogP contribution in [0.1, 0.15) is 38.3 Å². The first kappa shape index (κ1) is 20.2. The second-order valence-electron chi connectivity index (χ2n) is 7.19. The van der Waals surface area contributed by atoms with Gasteiger partial charge in [-0.25, -0.2) is 0 Å². The molecule has 1 saturated heterocycles. The summed E-state index contributed by atoms with van der Waals surface area (Å²) < 4.78 is 5.38. The number of methoxy groups -OCH3 is 1. The van der Waals surface area contributed by atoms with Crippen molar-refractivity contribution in [2.45, 2.75) is 38.8 Å². The van der Waals surface area contributed by atoms with E-state index < -0.39 is 0 Å². The van der Waals surface area contributed by atoms with Crippen molar-refractivity contribution in [1.29, 1.82) is 0 Å². The molecule has 1 aromatic carbocycles. The zero-order valence-electron chi connectivity index (χ0n) is 16.5. The zero-order valence-corrected chi connectivity index (χ0v) is 16.5. The molecule has 6 heteroatoms. The van der Waals surface area contributed by atoms with Gasteiger partial charge in [-0.3, -0.25) is 14.5 Å². The molecule has 2 atom stereocenters. The first-order chi connectivity index (χ1) is 12.3. The lowest BCUT2D eigenvalue weighted by atomic mass is 9.94. The van der Waals surface area contributed by atoms with Crippen molar-refractivity contribution in [3.8, 4) is 5.75 Å². The molecule has 1 fully saturated rings. The molecule has 0 radical (unpaired) electrons. The van der Waals surface area contributed by atoms with Crippen LogP contribution in [0, 0.1) is 5.92 Å². The van der Waals surface area contributed by atoms with Crippen LogP contribution in [0.5, 0.6) is 5.75 Å². The van der Waals surface area contributed by atoms with Gasteiger partial charge in [0.15, 0.2) is 0 Å². The number of benzene rings is 1. The van der Waals surface area contributed by atoms with Crippen LogP contribution in [0.2, 0.25) is 0 Å². The van der Waals surface area contributed by atoms with Crippen molar-refractivity contribution < 1.29 is 14.3 Å². The van der Waals surface area contributed by atoms with E-state index in [1.807, 2.05) is 38.1 Å². The smallest absolute Gasteiger partial charge is 0.237 e. The number of rotatable bonds is 6. The number of hydrogen-bond donors (Lipinski definition) is 1. The quantitative estimate of drug-likeness (QED) is 0.842. The summed E-state index contributed by atoms with van der Waals surface area (Å²) in [5.41, 5.74) is 0.964. The van der Waals surface area contributed by atoms with Crippen LogP contribution in [-0.4, -0.2) is 62.0 Å². The maximum Gasteiger partial charge on any atom is 0.237 e. The van der Waals surface area contributed by atoms with Gasteiger partial charge in [-0.2, -0.15) is 0 Å². The summed E-state index contributed by atoms with van der Waals surface area (Å²) in [6, 6.07) is 7.37. The molecule has 0 aromatic heterocycles. The number of hydrogen-bond acceptors (Lipinski definition) is 4. The van der Waals surface area contributed by atoms with Crippen LogP contribution in [0.15, 0.2) is 24.3 Å². The van der Waals surface area contributed by atoms with E-state index in [0.29, 0.717) is 0 Å². The monoisotopic (exact) mass is 361 g/mol. The Labute approximate surface area is 156 Å². The molecule has 1 aliphatic heterocycles. The van der Waals surface area contributed by atoms with E-state index in [1.165, 1.54) is 0 Å². The molecule has 26 heavy (non-hydrogen) atoms. The average molecular weight is 361 g/mol. The van der Waals surface area contributed by atoms with Gasteiger partial charge in [0.25, 0.3) is 0 Å². The zero-order chi connectivity index (χ0) is 19.3. The highest BCUT2D eigenvalue weighted by Crippen LogP contribution is 2.25. The molecule has 0 spiro atoms.